The first kappa shape index (κ1) is 24.8. The van der Waals surface area contributed by atoms with E-state index in [9.17, 15) is 4.79 Å². The standard InChI is InChI=1S/C26H25BrClN3O2S/c1-17-14-19(18(2)31(17)21-10-11-22(27)23(28)16-21)15-24-25(32)30(12-7-13-33-3)26(34-24)29-20-8-5-4-6-9-20/h4-6,8-11,14-16H,7,12-13H2,1-3H3/b24-15-,29-26?. The largest absolute Gasteiger partial charge is 0.385 e. The lowest BCUT2D eigenvalue weighted by Crippen LogP contribution is -2.30. The van der Waals surface area contributed by atoms with Crippen LogP contribution in [0.5, 0.6) is 0 Å². The lowest BCUT2D eigenvalue weighted by atomic mass is 10.2. The molecule has 1 amide bonds. The number of rotatable bonds is 7. The maximum absolute atomic E-state index is 13.3. The van der Waals surface area contributed by atoms with Crippen LogP contribution in [0.2, 0.25) is 5.02 Å². The summed E-state index contributed by atoms with van der Waals surface area (Å²) in [7, 11) is 1.67. The molecule has 5 nitrogen and oxygen atoms in total. The predicted molar refractivity (Wildman–Crippen MR) is 145 cm³/mol. The molecule has 2 aromatic carbocycles. The number of para-hydroxylation sites is 1. The molecule has 0 atom stereocenters. The Morgan fingerprint density at radius 1 is 1.15 bits per heavy atom. The van der Waals surface area contributed by atoms with E-state index in [0.717, 1.165) is 39.2 Å². The molecule has 1 aliphatic heterocycles. The topological polar surface area (TPSA) is 46.8 Å². The van der Waals surface area contributed by atoms with Gasteiger partial charge in [-0.05, 0) is 96.0 Å². The van der Waals surface area contributed by atoms with E-state index in [-0.39, 0.29) is 5.91 Å². The molecular formula is C26H25BrClN3O2S. The Labute approximate surface area is 217 Å². The van der Waals surface area contributed by atoms with Gasteiger partial charge in [0.2, 0.25) is 0 Å². The van der Waals surface area contributed by atoms with Crippen molar-refractivity contribution in [2.45, 2.75) is 20.3 Å². The predicted octanol–water partition coefficient (Wildman–Crippen LogP) is 7.15. The number of amidine groups is 1. The molecule has 0 N–H and O–H groups in total. The molecule has 176 valence electrons. The number of methoxy groups -OCH3 is 1. The maximum Gasteiger partial charge on any atom is 0.266 e. The molecule has 1 aromatic heterocycles. The van der Waals surface area contributed by atoms with Crippen LogP contribution < -0.4 is 0 Å². The van der Waals surface area contributed by atoms with Gasteiger partial charge in [-0.25, -0.2) is 4.99 Å². The second kappa shape index (κ2) is 11.0. The molecule has 1 aliphatic rings. The second-order valence-corrected chi connectivity index (χ2v) is 10.2. The van der Waals surface area contributed by atoms with Gasteiger partial charge in [-0.3, -0.25) is 9.69 Å². The summed E-state index contributed by atoms with van der Waals surface area (Å²) in [6.45, 7) is 5.24. The molecule has 4 rings (SSSR count). The first-order chi connectivity index (χ1) is 16.4. The molecule has 0 bridgehead atoms. The summed E-state index contributed by atoms with van der Waals surface area (Å²) in [6.07, 6.45) is 2.70. The Kier molecular flexibility index (Phi) is 7.99. The zero-order chi connectivity index (χ0) is 24.2. The van der Waals surface area contributed by atoms with Crippen LogP contribution in [0.1, 0.15) is 23.4 Å². The van der Waals surface area contributed by atoms with Crippen LogP contribution in [0.3, 0.4) is 0 Å². The first-order valence-corrected chi connectivity index (χ1v) is 12.9. The van der Waals surface area contributed by atoms with E-state index >= 15 is 0 Å². The molecule has 34 heavy (non-hydrogen) atoms. The van der Waals surface area contributed by atoms with Gasteiger partial charge in [0.15, 0.2) is 5.17 Å². The minimum Gasteiger partial charge on any atom is -0.385 e. The van der Waals surface area contributed by atoms with Gasteiger partial charge in [-0.1, -0.05) is 29.8 Å². The number of thioether (sulfide) groups is 1. The minimum absolute atomic E-state index is 0.0349. The van der Waals surface area contributed by atoms with Crippen LogP contribution in [0.15, 0.2) is 69.0 Å². The van der Waals surface area contributed by atoms with Gasteiger partial charge in [0.1, 0.15) is 0 Å². The van der Waals surface area contributed by atoms with E-state index in [2.05, 4.69) is 33.5 Å². The number of ether oxygens (including phenoxy) is 1. The Hall–Kier alpha value is -2.32. The third-order valence-corrected chi connectivity index (χ3v) is 7.76. The molecule has 0 aliphatic carbocycles. The van der Waals surface area contributed by atoms with Gasteiger partial charge in [0.05, 0.1) is 15.6 Å². The van der Waals surface area contributed by atoms with Crippen molar-refractivity contribution < 1.29 is 9.53 Å². The molecule has 1 fully saturated rings. The number of aliphatic imine (C=N–C) groups is 1. The molecule has 0 saturated carbocycles. The van der Waals surface area contributed by atoms with Crippen molar-refractivity contribution in [1.29, 1.82) is 0 Å². The van der Waals surface area contributed by atoms with Crippen molar-refractivity contribution in [2.75, 3.05) is 20.3 Å². The van der Waals surface area contributed by atoms with E-state index in [1.54, 1.807) is 12.0 Å². The number of nitrogens with zero attached hydrogens (tertiary/aromatic N) is 3. The van der Waals surface area contributed by atoms with Crippen molar-refractivity contribution in [3.05, 3.63) is 85.9 Å². The summed E-state index contributed by atoms with van der Waals surface area (Å²) in [5.74, 6) is -0.0349. The minimum atomic E-state index is -0.0349. The third kappa shape index (κ3) is 5.33. The van der Waals surface area contributed by atoms with Crippen LogP contribution in [0.25, 0.3) is 11.8 Å². The Morgan fingerprint density at radius 2 is 1.91 bits per heavy atom. The normalized spacial score (nSPS) is 16.3. The highest BCUT2D eigenvalue weighted by molar-refractivity contribution is 9.10. The van der Waals surface area contributed by atoms with E-state index in [4.69, 9.17) is 21.3 Å². The Bertz CT molecular complexity index is 1270. The summed E-state index contributed by atoms with van der Waals surface area (Å²) in [4.78, 5) is 20.5. The quantitative estimate of drug-likeness (QED) is 0.228. The van der Waals surface area contributed by atoms with Crippen LogP contribution in [-0.2, 0) is 9.53 Å². The summed E-state index contributed by atoms with van der Waals surface area (Å²) in [6, 6.07) is 17.7. The summed E-state index contributed by atoms with van der Waals surface area (Å²) < 4.78 is 8.19. The molecular weight excluding hydrogens is 534 g/mol. The molecule has 3 aromatic rings. The van der Waals surface area contributed by atoms with E-state index in [1.165, 1.54) is 11.8 Å². The fourth-order valence-electron chi connectivity index (χ4n) is 3.86. The van der Waals surface area contributed by atoms with Crippen molar-refractivity contribution in [2.24, 2.45) is 4.99 Å². The van der Waals surface area contributed by atoms with Crippen LogP contribution in [0, 0.1) is 13.8 Å². The summed E-state index contributed by atoms with van der Waals surface area (Å²) >= 11 is 11.2. The highest BCUT2D eigenvalue weighted by Crippen LogP contribution is 2.36. The Balaban J connectivity index is 1.69. The highest BCUT2D eigenvalue weighted by Gasteiger charge is 2.33. The second-order valence-electron chi connectivity index (χ2n) is 7.90. The molecule has 2 heterocycles. The molecule has 0 spiro atoms. The van der Waals surface area contributed by atoms with Crippen LogP contribution >= 0.6 is 39.3 Å². The number of carbonyl (C=O) groups excluding carboxylic acids is 1. The molecule has 0 radical (unpaired) electrons. The summed E-state index contributed by atoms with van der Waals surface area (Å²) in [5.41, 5.74) is 4.89. The molecule has 8 heteroatoms. The van der Waals surface area contributed by atoms with Crippen LogP contribution in [0.4, 0.5) is 5.69 Å². The number of carbonyl (C=O) groups is 1. The highest BCUT2D eigenvalue weighted by atomic mass is 79.9. The maximum atomic E-state index is 13.3. The number of aromatic nitrogens is 1. The number of amides is 1. The lowest BCUT2D eigenvalue weighted by Gasteiger charge is -2.15. The van der Waals surface area contributed by atoms with Gasteiger partial charge in [0.25, 0.3) is 5.91 Å². The average molecular weight is 559 g/mol. The lowest BCUT2D eigenvalue weighted by molar-refractivity contribution is -0.122. The van der Waals surface area contributed by atoms with Gasteiger partial charge in [0, 0.05) is 41.8 Å². The number of hydrogen-bond acceptors (Lipinski definition) is 4. The van der Waals surface area contributed by atoms with Crippen molar-refractivity contribution in [3.8, 4) is 5.69 Å². The van der Waals surface area contributed by atoms with Gasteiger partial charge >= 0.3 is 0 Å². The van der Waals surface area contributed by atoms with Gasteiger partial charge in [-0.2, -0.15) is 0 Å². The zero-order valence-electron chi connectivity index (χ0n) is 19.2. The van der Waals surface area contributed by atoms with Gasteiger partial charge < -0.3 is 9.30 Å². The van der Waals surface area contributed by atoms with E-state index in [0.29, 0.717) is 28.2 Å². The summed E-state index contributed by atoms with van der Waals surface area (Å²) in [5, 5.41) is 1.34. The van der Waals surface area contributed by atoms with E-state index in [1.807, 2.05) is 61.5 Å². The average Bonchev–Trinajstić information content (AvgIpc) is 3.26. The SMILES string of the molecule is COCCCN1C(=O)/C(=C/c2cc(C)n(-c3ccc(Br)c(Cl)c3)c2C)SC1=Nc1ccccc1. The molecule has 1 saturated heterocycles. The van der Waals surface area contributed by atoms with Crippen molar-refractivity contribution in [1.82, 2.24) is 9.47 Å². The third-order valence-electron chi connectivity index (χ3n) is 5.52. The zero-order valence-corrected chi connectivity index (χ0v) is 22.4. The monoisotopic (exact) mass is 557 g/mol. The molecule has 0 unspecified atom stereocenters. The number of halogens is 2. The smallest absolute Gasteiger partial charge is 0.266 e. The number of benzene rings is 2. The fourth-order valence-corrected chi connectivity index (χ4v) is 5.30. The van der Waals surface area contributed by atoms with Crippen molar-refractivity contribution >= 4 is 62.1 Å². The van der Waals surface area contributed by atoms with Crippen LogP contribution in [-0.4, -0.2) is 40.8 Å². The number of hydrogen-bond donors (Lipinski definition) is 0. The first-order valence-electron chi connectivity index (χ1n) is 10.9. The fraction of sp³-hybridized carbons (Fsp3) is 0.231. The van der Waals surface area contributed by atoms with Gasteiger partial charge in [-0.15, -0.1) is 0 Å². The Morgan fingerprint density at radius 3 is 2.62 bits per heavy atom. The number of aryl methyl sites for hydroxylation is 1. The van der Waals surface area contributed by atoms with Crippen molar-refractivity contribution in [3.63, 3.8) is 0 Å². The van der Waals surface area contributed by atoms with E-state index < -0.39 is 0 Å².